The van der Waals surface area contributed by atoms with Crippen LogP contribution in [0.15, 0.2) is 45.5 Å². The van der Waals surface area contributed by atoms with Gasteiger partial charge in [0.1, 0.15) is 10.0 Å². The highest BCUT2D eigenvalue weighted by Crippen LogP contribution is 2.47. The van der Waals surface area contributed by atoms with Crippen LogP contribution >= 0.6 is 38.6 Å². The first-order valence-electron chi connectivity index (χ1n) is 9.15. The second kappa shape index (κ2) is 7.13. The molecule has 1 aliphatic carbocycles. The van der Waals surface area contributed by atoms with Gasteiger partial charge in [0.15, 0.2) is 10.4 Å². The molecule has 1 aliphatic rings. The molecule has 0 aliphatic heterocycles. The smallest absolute Gasteiger partial charge is 0.292 e. The van der Waals surface area contributed by atoms with Gasteiger partial charge in [-0.3, -0.25) is 4.79 Å². The fourth-order valence-corrected chi connectivity index (χ4v) is 6.47. The van der Waals surface area contributed by atoms with E-state index in [4.69, 9.17) is 9.40 Å². The van der Waals surface area contributed by atoms with Crippen LogP contribution in [0.1, 0.15) is 34.3 Å². The minimum atomic E-state index is -0.236. The first-order valence-corrected chi connectivity index (χ1v) is 11.6. The quantitative estimate of drug-likeness (QED) is 0.358. The van der Waals surface area contributed by atoms with Crippen LogP contribution < -0.4 is 5.32 Å². The van der Waals surface area contributed by atoms with E-state index in [-0.39, 0.29) is 5.91 Å². The SMILES string of the molecule is CC1CCc2c(sc(NC(=O)c3ccc(Br)o3)c2-c2nc3ccccc3s2)C1. The largest absolute Gasteiger partial charge is 0.444 e. The van der Waals surface area contributed by atoms with Crippen molar-refractivity contribution in [2.45, 2.75) is 26.2 Å². The second-order valence-electron chi connectivity index (χ2n) is 7.10. The number of fused-ring (bicyclic) bond motifs is 2. The Hall–Kier alpha value is -1.96. The Morgan fingerprint density at radius 1 is 1.25 bits per heavy atom. The molecule has 1 amide bonds. The number of anilines is 1. The van der Waals surface area contributed by atoms with Crippen LogP contribution in [-0.2, 0) is 12.8 Å². The van der Waals surface area contributed by atoms with E-state index in [1.807, 2.05) is 18.2 Å². The van der Waals surface area contributed by atoms with Crippen LogP contribution in [0.25, 0.3) is 20.8 Å². The fraction of sp³-hybridized carbons (Fsp3) is 0.238. The summed E-state index contributed by atoms with van der Waals surface area (Å²) in [5, 5.41) is 4.93. The van der Waals surface area contributed by atoms with E-state index in [9.17, 15) is 4.79 Å². The van der Waals surface area contributed by atoms with Crippen molar-refractivity contribution in [1.82, 2.24) is 4.98 Å². The molecule has 0 saturated carbocycles. The molecule has 1 unspecified atom stereocenters. The number of hydrogen-bond donors (Lipinski definition) is 1. The molecule has 1 N–H and O–H groups in total. The molecule has 0 radical (unpaired) electrons. The van der Waals surface area contributed by atoms with Crippen LogP contribution in [-0.4, -0.2) is 10.9 Å². The molecular weight excluding hydrogens is 456 g/mol. The highest BCUT2D eigenvalue weighted by atomic mass is 79.9. The average molecular weight is 473 g/mol. The lowest BCUT2D eigenvalue weighted by atomic mass is 9.88. The van der Waals surface area contributed by atoms with Gasteiger partial charge in [-0.1, -0.05) is 19.1 Å². The van der Waals surface area contributed by atoms with Crippen LogP contribution in [0, 0.1) is 5.92 Å². The lowest BCUT2D eigenvalue weighted by molar-refractivity contribution is 0.0996. The second-order valence-corrected chi connectivity index (χ2v) is 10.0. The number of hydrogen-bond acceptors (Lipinski definition) is 5. The maximum Gasteiger partial charge on any atom is 0.292 e. The van der Waals surface area contributed by atoms with Gasteiger partial charge in [0.05, 0.1) is 10.2 Å². The lowest BCUT2D eigenvalue weighted by Gasteiger charge is -2.18. The number of amides is 1. The molecule has 3 heterocycles. The summed E-state index contributed by atoms with van der Waals surface area (Å²) in [6.07, 6.45) is 3.25. The predicted molar refractivity (Wildman–Crippen MR) is 118 cm³/mol. The van der Waals surface area contributed by atoms with Crippen molar-refractivity contribution in [3.8, 4) is 10.6 Å². The van der Waals surface area contributed by atoms with E-state index in [0.29, 0.717) is 16.3 Å². The van der Waals surface area contributed by atoms with Crippen LogP contribution in [0.4, 0.5) is 5.00 Å². The predicted octanol–water partition coefficient (Wildman–Crippen LogP) is 6.76. The normalized spacial score (nSPS) is 16.3. The fourth-order valence-electron chi connectivity index (χ4n) is 3.65. The van der Waals surface area contributed by atoms with Crippen LogP contribution in [0.5, 0.6) is 0 Å². The summed E-state index contributed by atoms with van der Waals surface area (Å²) >= 11 is 6.62. The standard InChI is InChI=1S/C21H17BrN2O2S2/c1-11-6-7-12-16(10-11)28-21(24-19(25)14-8-9-17(22)26-14)18(12)20-23-13-4-2-3-5-15(13)27-20/h2-5,8-9,11H,6-7,10H2,1H3,(H,24,25). The third-order valence-electron chi connectivity index (χ3n) is 5.04. The number of thiophene rings is 1. The number of para-hydroxylation sites is 1. The number of nitrogens with zero attached hydrogens (tertiary/aromatic N) is 1. The van der Waals surface area contributed by atoms with E-state index in [1.54, 1.807) is 34.8 Å². The summed E-state index contributed by atoms with van der Waals surface area (Å²) < 4.78 is 7.13. The highest BCUT2D eigenvalue weighted by Gasteiger charge is 2.27. The zero-order valence-corrected chi connectivity index (χ0v) is 18.3. The number of rotatable bonds is 3. The van der Waals surface area contributed by atoms with Gasteiger partial charge in [-0.25, -0.2) is 4.98 Å². The minimum Gasteiger partial charge on any atom is -0.444 e. The molecule has 1 atom stereocenters. The van der Waals surface area contributed by atoms with Gasteiger partial charge in [0.2, 0.25) is 0 Å². The van der Waals surface area contributed by atoms with Crippen molar-refractivity contribution in [1.29, 1.82) is 0 Å². The summed E-state index contributed by atoms with van der Waals surface area (Å²) in [5.74, 6) is 0.723. The van der Waals surface area contributed by atoms with Crippen molar-refractivity contribution in [2.75, 3.05) is 5.32 Å². The number of thiazole rings is 1. The van der Waals surface area contributed by atoms with Gasteiger partial charge in [0.25, 0.3) is 5.91 Å². The molecule has 4 aromatic rings. The maximum atomic E-state index is 12.7. The minimum absolute atomic E-state index is 0.236. The Morgan fingerprint density at radius 2 is 2.11 bits per heavy atom. The number of furan rings is 1. The van der Waals surface area contributed by atoms with Gasteiger partial charge < -0.3 is 9.73 Å². The Kier molecular flexibility index (Phi) is 4.61. The first kappa shape index (κ1) is 18.1. The summed E-state index contributed by atoms with van der Waals surface area (Å²) in [6, 6.07) is 11.6. The Balaban J connectivity index is 1.60. The van der Waals surface area contributed by atoms with E-state index in [2.05, 4.69) is 34.2 Å². The van der Waals surface area contributed by atoms with E-state index < -0.39 is 0 Å². The first-order chi connectivity index (χ1) is 13.6. The van der Waals surface area contributed by atoms with Crippen molar-refractivity contribution in [2.24, 2.45) is 5.92 Å². The van der Waals surface area contributed by atoms with E-state index >= 15 is 0 Å². The summed E-state index contributed by atoms with van der Waals surface area (Å²) in [7, 11) is 0. The number of carbonyl (C=O) groups is 1. The Bertz CT molecular complexity index is 1160. The van der Waals surface area contributed by atoms with Crippen molar-refractivity contribution < 1.29 is 9.21 Å². The number of benzene rings is 1. The van der Waals surface area contributed by atoms with Gasteiger partial charge in [-0.05, 0) is 70.9 Å². The van der Waals surface area contributed by atoms with Crippen molar-refractivity contribution >= 4 is 59.7 Å². The topological polar surface area (TPSA) is 55.1 Å². The molecular formula is C21H17BrN2O2S2. The molecule has 5 rings (SSSR count). The summed E-state index contributed by atoms with van der Waals surface area (Å²) in [5.41, 5.74) is 3.43. The van der Waals surface area contributed by atoms with Crippen molar-refractivity contribution in [3.05, 3.63) is 57.3 Å². The molecule has 0 fully saturated rings. The highest BCUT2D eigenvalue weighted by molar-refractivity contribution is 9.10. The van der Waals surface area contributed by atoms with Gasteiger partial charge in [-0.2, -0.15) is 0 Å². The monoisotopic (exact) mass is 472 g/mol. The molecule has 4 nitrogen and oxygen atoms in total. The number of carbonyl (C=O) groups excluding carboxylic acids is 1. The molecule has 3 aromatic heterocycles. The maximum absolute atomic E-state index is 12.7. The average Bonchev–Trinajstić information content (AvgIpc) is 3.36. The summed E-state index contributed by atoms with van der Waals surface area (Å²) in [6.45, 7) is 2.29. The molecule has 28 heavy (non-hydrogen) atoms. The Morgan fingerprint density at radius 3 is 2.89 bits per heavy atom. The van der Waals surface area contributed by atoms with Crippen LogP contribution in [0.2, 0.25) is 0 Å². The lowest BCUT2D eigenvalue weighted by Crippen LogP contribution is -2.11. The molecule has 0 spiro atoms. The molecule has 142 valence electrons. The Labute approximate surface area is 178 Å². The molecule has 1 aromatic carbocycles. The zero-order valence-electron chi connectivity index (χ0n) is 15.1. The third kappa shape index (κ3) is 3.21. The van der Waals surface area contributed by atoms with E-state index in [1.165, 1.54) is 16.9 Å². The van der Waals surface area contributed by atoms with Crippen LogP contribution in [0.3, 0.4) is 0 Å². The number of halogens is 1. The van der Waals surface area contributed by atoms with E-state index in [0.717, 1.165) is 38.6 Å². The molecule has 0 saturated heterocycles. The van der Waals surface area contributed by atoms with Gasteiger partial charge in [0, 0.05) is 10.4 Å². The van der Waals surface area contributed by atoms with Crippen molar-refractivity contribution in [3.63, 3.8) is 0 Å². The third-order valence-corrected chi connectivity index (χ3v) is 7.69. The molecule has 7 heteroatoms. The number of nitrogens with one attached hydrogen (secondary N) is 1. The van der Waals surface area contributed by atoms with Gasteiger partial charge in [-0.15, -0.1) is 22.7 Å². The van der Waals surface area contributed by atoms with Gasteiger partial charge >= 0.3 is 0 Å². The number of aromatic nitrogens is 1. The summed E-state index contributed by atoms with van der Waals surface area (Å²) in [4.78, 5) is 19.0. The molecule has 0 bridgehead atoms. The zero-order chi connectivity index (χ0) is 19.3.